The lowest BCUT2D eigenvalue weighted by Crippen LogP contribution is -2.32. The Morgan fingerprint density at radius 2 is 1.76 bits per heavy atom. The molecule has 1 aliphatic rings. The number of hydrogen-bond donors (Lipinski definition) is 1. The fourth-order valence-electron chi connectivity index (χ4n) is 3.51. The molecule has 0 atom stereocenters. The van der Waals surface area contributed by atoms with Gasteiger partial charge in [0, 0.05) is 16.8 Å². The van der Waals surface area contributed by atoms with Crippen LogP contribution in [0.4, 0.5) is 11.4 Å². The summed E-state index contributed by atoms with van der Waals surface area (Å²) in [4.78, 5) is 6.38. The van der Waals surface area contributed by atoms with Crippen molar-refractivity contribution in [3.05, 3.63) is 62.6 Å². The van der Waals surface area contributed by atoms with E-state index >= 15 is 0 Å². The van der Waals surface area contributed by atoms with E-state index in [1.54, 1.807) is 10.3 Å². The normalized spacial score (nSPS) is 15.5. The molecular formula is C21H22N2S2. The van der Waals surface area contributed by atoms with Gasteiger partial charge in [0.1, 0.15) is 4.67 Å². The molecule has 0 amide bonds. The number of nitrogens with zero attached hydrogens (tertiary/aromatic N) is 1. The van der Waals surface area contributed by atoms with Crippen molar-refractivity contribution >= 4 is 32.1 Å². The Labute approximate surface area is 156 Å². The van der Waals surface area contributed by atoms with E-state index in [1.165, 1.54) is 38.4 Å². The van der Waals surface area contributed by atoms with Crippen LogP contribution in [0.25, 0.3) is 11.1 Å². The Kier molecular flexibility index (Phi) is 3.85. The van der Waals surface area contributed by atoms with Crippen LogP contribution in [0.3, 0.4) is 0 Å². The monoisotopic (exact) mass is 366 g/mol. The van der Waals surface area contributed by atoms with Gasteiger partial charge in [-0.05, 0) is 63.9 Å². The van der Waals surface area contributed by atoms with Crippen LogP contribution in [0, 0.1) is 20.8 Å². The first-order valence-corrected chi connectivity index (χ1v) is 10.6. The standard InChI is InChI=1S/C21H22N2S2/c1-12-7-6-8-15(10-12)22-20-17-16-11-13(2)9-14(3)18(16)23-21(4,5)19(17)24-25-20/h6-11,23H,1-5H3. The second-order valence-corrected chi connectivity index (χ2v) is 9.51. The fourth-order valence-corrected chi connectivity index (χ4v) is 6.44. The summed E-state index contributed by atoms with van der Waals surface area (Å²) < 4.78 is 1.12. The largest absolute Gasteiger partial charge is 0.374 e. The highest BCUT2D eigenvalue weighted by molar-refractivity contribution is 7.68. The summed E-state index contributed by atoms with van der Waals surface area (Å²) in [6.07, 6.45) is 0. The van der Waals surface area contributed by atoms with Crippen LogP contribution in [0.1, 0.15) is 35.4 Å². The smallest absolute Gasteiger partial charge is 0.135 e. The second kappa shape index (κ2) is 5.82. The van der Waals surface area contributed by atoms with E-state index in [0.29, 0.717) is 0 Å². The molecule has 0 unspecified atom stereocenters. The SMILES string of the molecule is Cc1cccc(N=c2ssc3c2-c2cc(C)cc(C)c2NC3(C)C)c1. The molecule has 1 N–H and O–H groups in total. The number of anilines is 1. The van der Waals surface area contributed by atoms with Gasteiger partial charge in [0.15, 0.2) is 0 Å². The second-order valence-electron chi connectivity index (χ2n) is 7.38. The first kappa shape index (κ1) is 16.6. The van der Waals surface area contributed by atoms with Gasteiger partial charge in [-0.25, -0.2) is 4.99 Å². The molecule has 2 heterocycles. The van der Waals surface area contributed by atoms with Gasteiger partial charge in [-0.15, -0.1) is 0 Å². The summed E-state index contributed by atoms with van der Waals surface area (Å²) in [5.74, 6) is 0. The molecule has 4 rings (SSSR count). The molecule has 0 saturated heterocycles. The molecule has 4 heteroatoms. The number of rotatable bonds is 1. The van der Waals surface area contributed by atoms with Gasteiger partial charge < -0.3 is 5.32 Å². The molecule has 1 aromatic heterocycles. The Morgan fingerprint density at radius 3 is 2.52 bits per heavy atom. The molecule has 128 valence electrons. The van der Waals surface area contributed by atoms with E-state index in [9.17, 15) is 0 Å². The van der Waals surface area contributed by atoms with Crippen LogP contribution < -0.4 is 9.99 Å². The first-order valence-electron chi connectivity index (χ1n) is 8.50. The van der Waals surface area contributed by atoms with E-state index in [0.717, 1.165) is 10.4 Å². The zero-order valence-electron chi connectivity index (χ0n) is 15.2. The van der Waals surface area contributed by atoms with Gasteiger partial charge >= 0.3 is 0 Å². The van der Waals surface area contributed by atoms with E-state index < -0.39 is 0 Å². The summed E-state index contributed by atoms with van der Waals surface area (Å²) in [6, 6.07) is 13.0. The first-order chi connectivity index (χ1) is 11.8. The van der Waals surface area contributed by atoms with Gasteiger partial charge in [0.05, 0.1) is 16.1 Å². The van der Waals surface area contributed by atoms with Gasteiger partial charge in [-0.3, -0.25) is 0 Å². The summed E-state index contributed by atoms with van der Waals surface area (Å²) >= 11 is 0. The van der Waals surface area contributed by atoms with E-state index in [-0.39, 0.29) is 5.54 Å². The van der Waals surface area contributed by atoms with Crippen molar-refractivity contribution in [2.75, 3.05) is 5.32 Å². The third-order valence-electron chi connectivity index (χ3n) is 4.63. The fraction of sp³-hybridized carbons (Fsp3) is 0.286. The van der Waals surface area contributed by atoms with Crippen LogP contribution in [0.5, 0.6) is 0 Å². The highest BCUT2D eigenvalue weighted by atomic mass is 32.9. The number of fused-ring (bicyclic) bond motifs is 3. The van der Waals surface area contributed by atoms with Gasteiger partial charge in [0.2, 0.25) is 0 Å². The van der Waals surface area contributed by atoms with Crippen LogP contribution in [-0.2, 0) is 5.54 Å². The summed E-state index contributed by atoms with van der Waals surface area (Å²) in [5.41, 5.74) is 8.62. The number of aryl methyl sites for hydroxylation is 3. The molecule has 3 aromatic rings. The number of benzene rings is 2. The van der Waals surface area contributed by atoms with Crippen molar-refractivity contribution in [2.45, 2.75) is 40.2 Å². The molecule has 25 heavy (non-hydrogen) atoms. The van der Waals surface area contributed by atoms with Crippen molar-refractivity contribution in [1.82, 2.24) is 0 Å². The molecule has 0 aliphatic carbocycles. The van der Waals surface area contributed by atoms with Crippen LogP contribution in [0.2, 0.25) is 0 Å². The molecule has 0 radical (unpaired) electrons. The minimum atomic E-state index is -0.0795. The summed E-state index contributed by atoms with van der Waals surface area (Å²) in [5, 5.41) is 3.75. The molecule has 0 bridgehead atoms. The minimum absolute atomic E-state index is 0.0795. The average Bonchev–Trinajstić information content (AvgIpc) is 2.94. The predicted octanol–water partition coefficient (Wildman–Crippen LogP) is 6.29. The Balaban J connectivity index is 2.02. The average molecular weight is 367 g/mol. The van der Waals surface area contributed by atoms with E-state index in [2.05, 4.69) is 76.3 Å². The maximum absolute atomic E-state index is 5.00. The summed E-state index contributed by atoms with van der Waals surface area (Å²) in [6.45, 7) is 11.0. The van der Waals surface area contributed by atoms with E-state index in [1.807, 2.05) is 10.3 Å². The maximum Gasteiger partial charge on any atom is 0.135 e. The van der Waals surface area contributed by atoms with Crippen molar-refractivity contribution in [3.63, 3.8) is 0 Å². The van der Waals surface area contributed by atoms with Crippen molar-refractivity contribution in [2.24, 2.45) is 4.99 Å². The van der Waals surface area contributed by atoms with Crippen LogP contribution in [-0.4, -0.2) is 0 Å². The van der Waals surface area contributed by atoms with Crippen molar-refractivity contribution in [1.29, 1.82) is 0 Å². The molecule has 2 aromatic carbocycles. The van der Waals surface area contributed by atoms with Gasteiger partial charge in [0.25, 0.3) is 0 Å². The molecule has 0 fully saturated rings. The molecule has 0 saturated carbocycles. The van der Waals surface area contributed by atoms with Gasteiger partial charge in [-0.1, -0.05) is 44.4 Å². The highest BCUT2D eigenvalue weighted by Gasteiger charge is 2.34. The molecule has 1 aliphatic heterocycles. The lowest BCUT2D eigenvalue weighted by Gasteiger charge is -2.34. The highest BCUT2D eigenvalue weighted by Crippen LogP contribution is 2.46. The predicted molar refractivity (Wildman–Crippen MR) is 110 cm³/mol. The van der Waals surface area contributed by atoms with Crippen molar-refractivity contribution < 1.29 is 0 Å². The zero-order valence-corrected chi connectivity index (χ0v) is 16.9. The molecule has 2 nitrogen and oxygen atoms in total. The van der Waals surface area contributed by atoms with Crippen molar-refractivity contribution in [3.8, 4) is 11.1 Å². The Bertz CT molecular complexity index is 1040. The minimum Gasteiger partial charge on any atom is -0.374 e. The number of hydrogen-bond acceptors (Lipinski definition) is 4. The molecule has 0 spiro atoms. The lowest BCUT2D eigenvalue weighted by atomic mass is 9.87. The van der Waals surface area contributed by atoms with Crippen LogP contribution in [0.15, 0.2) is 41.4 Å². The number of nitrogens with one attached hydrogen (secondary N) is 1. The third-order valence-corrected chi connectivity index (χ3v) is 7.27. The summed E-state index contributed by atoms with van der Waals surface area (Å²) in [7, 11) is 3.62. The Morgan fingerprint density at radius 1 is 0.960 bits per heavy atom. The van der Waals surface area contributed by atoms with Gasteiger partial charge in [-0.2, -0.15) is 0 Å². The zero-order chi connectivity index (χ0) is 17.8. The quantitative estimate of drug-likeness (QED) is 0.502. The molecular weight excluding hydrogens is 344 g/mol. The lowest BCUT2D eigenvalue weighted by molar-refractivity contribution is 0.618. The Hall–Kier alpha value is -1.91. The van der Waals surface area contributed by atoms with E-state index in [4.69, 9.17) is 4.99 Å². The third kappa shape index (κ3) is 2.83. The topological polar surface area (TPSA) is 24.4 Å². The van der Waals surface area contributed by atoms with Crippen LogP contribution >= 0.6 is 20.7 Å². The maximum atomic E-state index is 5.00.